The highest BCUT2D eigenvalue weighted by Gasteiger charge is 2.15. The maximum atomic E-state index is 13.1. The minimum Gasteiger partial charge on any atom is -0.354 e. The van der Waals surface area contributed by atoms with Gasteiger partial charge in [-0.15, -0.1) is 0 Å². The van der Waals surface area contributed by atoms with Gasteiger partial charge in [0, 0.05) is 34.3 Å². The summed E-state index contributed by atoms with van der Waals surface area (Å²) >= 11 is 0. The molecule has 0 bridgehead atoms. The lowest BCUT2D eigenvalue weighted by Crippen LogP contribution is -2.11. The monoisotopic (exact) mass is 476 g/mol. The number of hydrogen-bond donors (Lipinski definition) is 2. The Morgan fingerprint density at radius 2 is 0.833 bits per heavy atom. The zero-order valence-electron chi connectivity index (χ0n) is 21.7. The van der Waals surface area contributed by atoms with Gasteiger partial charge >= 0.3 is 0 Å². The molecule has 0 radical (unpaired) electrons. The van der Waals surface area contributed by atoms with Crippen molar-refractivity contribution in [1.82, 2.24) is 9.97 Å². The number of hydrogen-bond acceptors (Lipinski definition) is 2. The molecule has 5 rings (SSSR count). The molecule has 0 amide bonds. The smallest absolute Gasteiger partial charge is 0.190 e. The zero-order valence-corrected chi connectivity index (χ0v) is 21.7. The second kappa shape index (κ2) is 8.34. The highest BCUT2D eigenvalue weighted by Crippen LogP contribution is 2.28. The van der Waals surface area contributed by atoms with Gasteiger partial charge in [-0.1, -0.05) is 90.1 Å². The number of benzene rings is 3. The summed E-state index contributed by atoms with van der Waals surface area (Å²) in [6.07, 6.45) is 0. The predicted octanol–water partition coefficient (Wildman–Crippen LogP) is 7.30. The molecule has 5 aromatic rings. The Kier molecular flexibility index (Phi) is 5.51. The van der Waals surface area contributed by atoms with E-state index in [-0.39, 0.29) is 21.7 Å². The molecule has 0 aliphatic heterocycles. The van der Waals surface area contributed by atoms with Gasteiger partial charge in [0.1, 0.15) is 0 Å². The molecule has 0 aliphatic rings. The van der Waals surface area contributed by atoms with E-state index in [9.17, 15) is 9.59 Å². The van der Waals surface area contributed by atoms with Gasteiger partial charge in [0.05, 0.1) is 11.0 Å². The van der Waals surface area contributed by atoms with Crippen LogP contribution >= 0.6 is 0 Å². The first-order valence-electron chi connectivity index (χ1n) is 12.4. The van der Waals surface area contributed by atoms with Crippen molar-refractivity contribution in [3.05, 3.63) is 104 Å². The lowest BCUT2D eigenvalue weighted by atomic mass is 9.86. The molecule has 0 unspecified atom stereocenters. The van der Waals surface area contributed by atoms with E-state index >= 15 is 0 Å². The van der Waals surface area contributed by atoms with E-state index in [4.69, 9.17) is 0 Å². The van der Waals surface area contributed by atoms with Crippen LogP contribution in [0.2, 0.25) is 0 Å². The summed E-state index contributed by atoms with van der Waals surface area (Å²) in [6.45, 7) is 13.1. The van der Waals surface area contributed by atoms with Crippen LogP contribution in [-0.2, 0) is 10.8 Å². The molecule has 0 atom stereocenters. The van der Waals surface area contributed by atoms with E-state index in [1.807, 2.05) is 24.3 Å². The maximum absolute atomic E-state index is 13.1. The predicted molar refractivity (Wildman–Crippen MR) is 151 cm³/mol. The Labute approximate surface area is 211 Å². The van der Waals surface area contributed by atoms with Gasteiger partial charge < -0.3 is 9.97 Å². The van der Waals surface area contributed by atoms with Crippen molar-refractivity contribution in [2.75, 3.05) is 0 Å². The number of aromatic amines is 2. The van der Waals surface area contributed by atoms with Crippen LogP contribution < -0.4 is 10.9 Å². The number of aromatic nitrogens is 2. The largest absolute Gasteiger partial charge is 0.354 e. The van der Waals surface area contributed by atoms with Gasteiger partial charge in [-0.2, -0.15) is 0 Å². The van der Waals surface area contributed by atoms with Crippen LogP contribution in [0.25, 0.3) is 44.3 Å². The first-order chi connectivity index (χ1) is 16.9. The van der Waals surface area contributed by atoms with Crippen molar-refractivity contribution in [1.29, 1.82) is 0 Å². The van der Waals surface area contributed by atoms with Crippen LogP contribution in [0.15, 0.2) is 82.4 Å². The van der Waals surface area contributed by atoms with Crippen molar-refractivity contribution in [3.8, 4) is 22.5 Å². The fourth-order valence-electron chi connectivity index (χ4n) is 4.60. The molecule has 4 heteroatoms. The van der Waals surface area contributed by atoms with Crippen molar-refractivity contribution in [2.45, 2.75) is 52.4 Å². The molecular formula is C32H32N2O2. The van der Waals surface area contributed by atoms with Crippen LogP contribution in [-0.4, -0.2) is 9.97 Å². The summed E-state index contributed by atoms with van der Waals surface area (Å²) in [5, 5.41) is 1.10. The Morgan fingerprint density at radius 1 is 0.500 bits per heavy atom. The van der Waals surface area contributed by atoms with Gasteiger partial charge in [0.25, 0.3) is 0 Å². The van der Waals surface area contributed by atoms with Gasteiger partial charge in [0.2, 0.25) is 0 Å². The Hall–Kier alpha value is -3.92. The molecule has 0 fully saturated rings. The molecule has 36 heavy (non-hydrogen) atoms. The quantitative estimate of drug-likeness (QED) is 0.263. The lowest BCUT2D eigenvalue weighted by Gasteiger charge is -2.19. The van der Waals surface area contributed by atoms with Gasteiger partial charge in [-0.05, 0) is 45.2 Å². The molecular weight excluding hydrogens is 444 g/mol. The summed E-state index contributed by atoms with van der Waals surface area (Å²) in [6, 6.07) is 23.3. The van der Waals surface area contributed by atoms with Crippen LogP contribution in [0.4, 0.5) is 0 Å². The Bertz CT molecular complexity index is 1580. The zero-order chi connectivity index (χ0) is 25.8. The number of rotatable bonds is 2. The van der Waals surface area contributed by atoms with Gasteiger partial charge in [-0.3, -0.25) is 9.59 Å². The third-order valence-corrected chi connectivity index (χ3v) is 6.90. The minimum absolute atomic E-state index is 0.0583. The molecule has 2 aromatic heterocycles. The molecule has 2 N–H and O–H groups in total. The van der Waals surface area contributed by atoms with Gasteiger partial charge in [0.15, 0.2) is 10.9 Å². The fourth-order valence-corrected chi connectivity index (χ4v) is 4.60. The average Bonchev–Trinajstić information content (AvgIpc) is 2.82. The topological polar surface area (TPSA) is 65.7 Å². The summed E-state index contributed by atoms with van der Waals surface area (Å²) in [7, 11) is 0. The third-order valence-electron chi connectivity index (χ3n) is 6.90. The first-order valence-corrected chi connectivity index (χ1v) is 12.4. The number of pyridine rings is 2. The second-order valence-electron chi connectivity index (χ2n) is 11.7. The van der Waals surface area contributed by atoms with Crippen LogP contribution in [0.5, 0.6) is 0 Å². The van der Waals surface area contributed by atoms with Crippen LogP contribution in [0.3, 0.4) is 0 Å². The van der Waals surface area contributed by atoms with E-state index in [1.165, 1.54) is 11.1 Å². The summed E-state index contributed by atoms with van der Waals surface area (Å²) in [5.41, 5.74) is 7.06. The van der Waals surface area contributed by atoms with Crippen LogP contribution in [0, 0.1) is 0 Å². The molecule has 0 spiro atoms. The molecule has 0 saturated heterocycles. The number of H-pyrrole nitrogens is 2. The van der Waals surface area contributed by atoms with Crippen molar-refractivity contribution < 1.29 is 0 Å². The second-order valence-corrected chi connectivity index (χ2v) is 11.7. The standard InChI is InChI=1S/C32H32N2O2/c1-31(2,3)21-11-7-19(8-12-21)25-17-29(35)23-16-28-24(15-27(23)33-25)30(36)18-26(34-28)20-9-13-22(14-10-20)32(4,5)6/h7-18H,1-6H3,(H,33,35)(H,34,36). The van der Waals surface area contributed by atoms with E-state index < -0.39 is 0 Å². The summed E-state index contributed by atoms with van der Waals surface area (Å²) < 4.78 is 0. The molecule has 182 valence electrons. The first kappa shape index (κ1) is 23.8. The molecule has 2 heterocycles. The SMILES string of the molecule is CC(C)(C)c1ccc(-c2cc(=O)c3cc4[nH]c(-c5ccc(C(C)(C)C)cc5)cc(=O)c4cc3[nH]2)cc1. The van der Waals surface area contributed by atoms with Crippen LogP contribution in [0.1, 0.15) is 52.7 Å². The molecule has 4 nitrogen and oxygen atoms in total. The van der Waals surface area contributed by atoms with E-state index in [2.05, 4.69) is 75.8 Å². The fraction of sp³-hybridized carbons (Fsp3) is 0.250. The molecule has 0 aliphatic carbocycles. The lowest BCUT2D eigenvalue weighted by molar-refractivity contribution is 0.590. The molecule has 3 aromatic carbocycles. The van der Waals surface area contributed by atoms with Crippen molar-refractivity contribution in [2.24, 2.45) is 0 Å². The number of nitrogens with one attached hydrogen (secondary N) is 2. The normalized spacial score (nSPS) is 12.4. The Morgan fingerprint density at radius 3 is 1.14 bits per heavy atom. The van der Waals surface area contributed by atoms with E-state index in [1.54, 1.807) is 24.3 Å². The third kappa shape index (κ3) is 4.39. The number of fused-ring (bicyclic) bond motifs is 2. The van der Waals surface area contributed by atoms with Gasteiger partial charge in [-0.25, -0.2) is 0 Å². The minimum atomic E-state index is -0.0821. The molecule has 0 saturated carbocycles. The average molecular weight is 477 g/mol. The van der Waals surface area contributed by atoms with E-state index in [0.717, 1.165) is 22.5 Å². The van der Waals surface area contributed by atoms with Crippen molar-refractivity contribution in [3.63, 3.8) is 0 Å². The summed E-state index contributed by atoms with van der Waals surface area (Å²) in [5.74, 6) is 0. The Balaban J connectivity index is 1.60. The highest BCUT2D eigenvalue weighted by atomic mass is 16.1. The highest BCUT2D eigenvalue weighted by molar-refractivity contribution is 5.96. The van der Waals surface area contributed by atoms with E-state index in [0.29, 0.717) is 21.8 Å². The summed E-state index contributed by atoms with van der Waals surface area (Å²) in [4.78, 5) is 33.0. The maximum Gasteiger partial charge on any atom is 0.190 e. The van der Waals surface area contributed by atoms with Crippen molar-refractivity contribution >= 4 is 21.8 Å².